The summed E-state index contributed by atoms with van der Waals surface area (Å²) >= 11 is 0. The molecule has 0 saturated carbocycles. The normalized spacial score (nSPS) is 23.1. The van der Waals surface area contributed by atoms with Gasteiger partial charge < -0.3 is 10.2 Å². The standard InChI is InChI=1S/C17H33N3O/c1-15(17(21)20-12-5-3-4-6-13-20)19(2)14-9-16-7-10-18-11-8-16/h15-16,18H,3-14H2,1-2H3. The molecule has 2 aliphatic heterocycles. The first-order chi connectivity index (χ1) is 10.2. The van der Waals surface area contributed by atoms with Crippen molar-refractivity contribution in [3.05, 3.63) is 0 Å². The zero-order chi connectivity index (χ0) is 15.1. The summed E-state index contributed by atoms with van der Waals surface area (Å²) in [5, 5.41) is 3.42. The van der Waals surface area contributed by atoms with Crippen LogP contribution in [0, 0.1) is 5.92 Å². The number of amides is 1. The van der Waals surface area contributed by atoms with Gasteiger partial charge in [0.25, 0.3) is 0 Å². The van der Waals surface area contributed by atoms with Crippen molar-refractivity contribution in [3.8, 4) is 0 Å². The minimum absolute atomic E-state index is 0.0322. The summed E-state index contributed by atoms with van der Waals surface area (Å²) in [7, 11) is 2.11. The van der Waals surface area contributed by atoms with Crippen LogP contribution >= 0.6 is 0 Å². The van der Waals surface area contributed by atoms with Crippen LogP contribution in [0.2, 0.25) is 0 Å². The van der Waals surface area contributed by atoms with Crippen LogP contribution in [0.1, 0.15) is 51.9 Å². The minimum Gasteiger partial charge on any atom is -0.341 e. The molecule has 2 saturated heterocycles. The van der Waals surface area contributed by atoms with Gasteiger partial charge in [-0.05, 0) is 71.6 Å². The Morgan fingerprint density at radius 3 is 2.43 bits per heavy atom. The monoisotopic (exact) mass is 295 g/mol. The lowest BCUT2D eigenvalue weighted by Crippen LogP contribution is -2.46. The van der Waals surface area contributed by atoms with Crippen LogP contribution in [0.5, 0.6) is 0 Å². The fourth-order valence-electron chi connectivity index (χ4n) is 3.49. The zero-order valence-corrected chi connectivity index (χ0v) is 13.9. The van der Waals surface area contributed by atoms with E-state index in [1.807, 2.05) is 0 Å². The highest BCUT2D eigenvalue weighted by molar-refractivity contribution is 5.81. The fourth-order valence-corrected chi connectivity index (χ4v) is 3.49. The second-order valence-electron chi connectivity index (χ2n) is 6.88. The van der Waals surface area contributed by atoms with Gasteiger partial charge in [0, 0.05) is 13.1 Å². The Balaban J connectivity index is 1.74. The molecule has 0 aromatic rings. The SMILES string of the molecule is CC(C(=O)N1CCCCCC1)N(C)CCC1CCNCC1. The predicted octanol–water partition coefficient (Wildman–Crippen LogP) is 2.10. The largest absolute Gasteiger partial charge is 0.341 e. The summed E-state index contributed by atoms with van der Waals surface area (Å²) in [4.78, 5) is 17.0. The third-order valence-electron chi connectivity index (χ3n) is 5.29. The van der Waals surface area contributed by atoms with Crippen LogP contribution in [0.4, 0.5) is 0 Å². The maximum Gasteiger partial charge on any atom is 0.239 e. The lowest BCUT2D eigenvalue weighted by Gasteiger charge is -2.31. The molecule has 0 bridgehead atoms. The van der Waals surface area contributed by atoms with Gasteiger partial charge in [-0.1, -0.05) is 12.8 Å². The molecule has 2 heterocycles. The van der Waals surface area contributed by atoms with Gasteiger partial charge in [0.2, 0.25) is 5.91 Å². The topological polar surface area (TPSA) is 35.6 Å². The Morgan fingerprint density at radius 1 is 1.19 bits per heavy atom. The van der Waals surface area contributed by atoms with E-state index in [-0.39, 0.29) is 6.04 Å². The lowest BCUT2D eigenvalue weighted by atomic mass is 9.94. The Hall–Kier alpha value is -0.610. The highest BCUT2D eigenvalue weighted by Gasteiger charge is 2.25. The lowest BCUT2D eigenvalue weighted by molar-refractivity contribution is -0.136. The summed E-state index contributed by atoms with van der Waals surface area (Å²) in [6.07, 6.45) is 8.74. The number of carbonyl (C=O) groups is 1. The molecule has 0 aromatic heterocycles. The van der Waals surface area contributed by atoms with E-state index in [2.05, 4.69) is 29.1 Å². The van der Waals surface area contributed by atoms with E-state index in [0.29, 0.717) is 5.91 Å². The van der Waals surface area contributed by atoms with Gasteiger partial charge in [-0.15, -0.1) is 0 Å². The van der Waals surface area contributed by atoms with E-state index in [0.717, 1.165) is 38.6 Å². The van der Waals surface area contributed by atoms with Crippen LogP contribution in [0.3, 0.4) is 0 Å². The predicted molar refractivity (Wildman–Crippen MR) is 87.4 cm³/mol. The number of rotatable bonds is 5. The highest BCUT2D eigenvalue weighted by Crippen LogP contribution is 2.17. The van der Waals surface area contributed by atoms with Crippen molar-refractivity contribution in [2.45, 2.75) is 57.9 Å². The van der Waals surface area contributed by atoms with Crippen molar-refractivity contribution >= 4 is 5.91 Å². The molecule has 0 spiro atoms. The van der Waals surface area contributed by atoms with Crippen molar-refractivity contribution in [1.29, 1.82) is 0 Å². The molecule has 0 radical (unpaired) electrons. The zero-order valence-electron chi connectivity index (χ0n) is 13.9. The molecule has 2 rings (SSSR count). The maximum atomic E-state index is 12.6. The number of likely N-dealkylation sites (N-methyl/N-ethyl adjacent to an activating group) is 1. The molecular formula is C17H33N3O. The molecule has 2 fully saturated rings. The molecule has 122 valence electrons. The molecule has 1 N–H and O–H groups in total. The van der Waals surface area contributed by atoms with E-state index in [1.54, 1.807) is 0 Å². The highest BCUT2D eigenvalue weighted by atomic mass is 16.2. The van der Waals surface area contributed by atoms with E-state index in [9.17, 15) is 4.79 Å². The number of nitrogens with one attached hydrogen (secondary N) is 1. The number of hydrogen-bond donors (Lipinski definition) is 1. The average Bonchev–Trinajstić information content (AvgIpc) is 2.81. The third-order valence-corrected chi connectivity index (χ3v) is 5.29. The van der Waals surface area contributed by atoms with Gasteiger partial charge in [-0.25, -0.2) is 0 Å². The number of piperidine rings is 1. The van der Waals surface area contributed by atoms with Crippen LogP contribution in [-0.4, -0.2) is 61.5 Å². The number of likely N-dealkylation sites (tertiary alicyclic amines) is 1. The van der Waals surface area contributed by atoms with Gasteiger partial charge in [0.05, 0.1) is 6.04 Å². The van der Waals surface area contributed by atoms with Crippen LogP contribution < -0.4 is 5.32 Å². The first-order valence-corrected chi connectivity index (χ1v) is 8.88. The maximum absolute atomic E-state index is 12.6. The van der Waals surface area contributed by atoms with Crippen LogP contribution in [0.25, 0.3) is 0 Å². The second kappa shape index (κ2) is 8.74. The molecule has 0 aliphatic carbocycles. The van der Waals surface area contributed by atoms with Gasteiger partial charge >= 0.3 is 0 Å². The fraction of sp³-hybridized carbons (Fsp3) is 0.941. The van der Waals surface area contributed by atoms with E-state index in [4.69, 9.17) is 0 Å². The molecule has 1 atom stereocenters. The number of nitrogens with zero attached hydrogens (tertiary/aromatic N) is 2. The minimum atomic E-state index is 0.0322. The molecule has 2 aliphatic rings. The molecule has 4 nitrogen and oxygen atoms in total. The molecule has 1 unspecified atom stereocenters. The van der Waals surface area contributed by atoms with Gasteiger partial charge in [0.15, 0.2) is 0 Å². The van der Waals surface area contributed by atoms with E-state index in [1.165, 1.54) is 44.9 Å². The molecule has 1 amide bonds. The smallest absolute Gasteiger partial charge is 0.239 e. The summed E-state index contributed by atoms with van der Waals surface area (Å²) in [6.45, 7) is 7.38. The van der Waals surface area contributed by atoms with E-state index >= 15 is 0 Å². The summed E-state index contributed by atoms with van der Waals surface area (Å²) in [5.41, 5.74) is 0. The Morgan fingerprint density at radius 2 is 1.81 bits per heavy atom. The van der Waals surface area contributed by atoms with Gasteiger partial charge in [-0.3, -0.25) is 9.69 Å². The molecule has 0 aromatic carbocycles. The van der Waals surface area contributed by atoms with Crippen molar-refractivity contribution in [3.63, 3.8) is 0 Å². The quantitative estimate of drug-likeness (QED) is 0.844. The first kappa shape index (κ1) is 16.8. The van der Waals surface area contributed by atoms with Crippen LogP contribution in [-0.2, 0) is 4.79 Å². The van der Waals surface area contributed by atoms with E-state index < -0.39 is 0 Å². The summed E-state index contributed by atoms with van der Waals surface area (Å²) < 4.78 is 0. The molecule has 4 heteroatoms. The van der Waals surface area contributed by atoms with Gasteiger partial charge in [0.1, 0.15) is 0 Å². The number of hydrogen-bond acceptors (Lipinski definition) is 3. The van der Waals surface area contributed by atoms with Crippen LogP contribution in [0.15, 0.2) is 0 Å². The van der Waals surface area contributed by atoms with Crippen molar-refractivity contribution in [2.75, 3.05) is 39.8 Å². The van der Waals surface area contributed by atoms with Crippen molar-refractivity contribution < 1.29 is 4.79 Å². The Kier molecular flexibility index (Phi) is 6.97. The Bertz CT molecular complexity index is 307. The van der Waals surface area contributed by atoms with Crippen molar-refractivity contribution in [2.24, 2.45) is 5.92 Å². The summed E-state index contributed by atoms with van der Waals surface area (Å²) in [6, 6.07) is 0.0322. The average molecular weight is 295 g/mol. The second-order valence-corrected chi connectivity index (χ2v) is 6.88. The van der Waals surface area contributed by atoms with Gasteiger partial charge in [-0.2, -0.15) is 0 Å². The first-order valence-electron chi connectivity index (χ1n) is 8.88. The summed E-state index contributed by atoms with van der Waals surface area (Å²) in [5.74, 6) is 1.18. The number of carbonyl (C=O) groups excluding carboxylic acids is 1. The molecule has 21 heavy (non-hydrogen) atoms. The molecular weight excluding hydrogens is 262 g/mol. The Labute approximate surface area is 130 Å². The third kappa shape index (κ3) is 5.26. The van der Waals surface area contributed by atoms with Crippen molar-refractivity contribution in [1.82, 2.24) is 15.1 Å².